The van der Waals surface area contributed by atoms with Crippen LogP contribution >= 0.6 is 0 Å². The van der Waals surface area contributed by atoms with Gasteiger partial charge in [0.1, 0.15) is 12.4 Å². The van der Waals surface area contributed by atoms with E-state index in [0.717, 1.165) is 6.20 Å². The Hall–Kier alpha value is -2.24. The summed E-state index contributed by atoms with van der Waals surface area (Å²) in [6.07, 6.45) is 2.39. The fraction of sp³-hybridized carbons (Fsp3) is 0.273. The Bertz CT molecular complexity index is 444. The number of hydrogen-bond donors (Lipinski definition) is 0. The molecule has 1 heterocycles. The van der Waals surface area contributed by atoms with Crippen molar-refractivity contribution in [2.75, 3.05) is 0 Å². The molecule has 0 aliphatic rings. The number of benzene rings is 1. The van der Waals surface area contributed by atoms with Crippen LogP contribution in [0.5, 0.6) is 0 Å². The molecule has 0 fully saturated rings. The number of hydrogen-bond acceptors (Lipinski definition) is 4. The molecule has 0 N–H and O–H groups in total. The molecule has 0 saturated heterocycles. The molecule has 2 aromatic rings. The molecular weight excluding hydrogens is 220 g/mol. The highest BCUT2D eigenvalue weighted by Crippen LogP contribution is 2.06. The van der Waals surface area contributed by atoms with Crippen LogP contribution in [0, 0.1) is 30.9 Å². The van der Waals surface area contributed by atoms with Gasteiger partial charge in [-0.2, -0.15) is 0 Å². The van der Waals surface area contributed by atoms with Crippen molar-refractivity contribution in [3.05, 3.63) is 57.4 Å². The van der Waals surface area contributed by atoms with Gasteiger partial charge >= 0.3 is 0 Å². The average molecular weight is 234 g/mol. The van der Waals surface area contributed by atoms with Crippen LogP contribution in [0.1, 0.15) is 16.7 Å². The maximum Gasteiger partial charge on any atom is 0.181 e. The molecule has 0 radical (unpaired) electrons. The second kappa shape index (κ2) is 5.74. The Balaban J connectivity index is 0.000000171. The van der Waals surface area contributed by atoms with Gasteiger partial charge in [0.15, 0.2) is 5.21 Å². The molecule has 6 heteroatoms. The van der Waals surface area contributed by atoms with Crippen LogP contribution in [0.3, 0.4) is 0 Å². The van der Waals surface area contributed by atoms with E-state index in [0.29, 0.717) is 4.79 Å². The van der Waals surface area contributed by atoms with Gasteiger partial charge in [0.25, 0.3) is 0 Å². The lowest BCUT2D eigenvalue weighted by Gasteiger charge is -1.96. The standard InChI is InChI=1S/C9H12.C2H2N4O2/c1-7-4-8(2)6-9(3)5-7;7-6(8)5-2-1-3-4-5/h4-6H,1-3H3;1-2H. The Morgan fingerprint density at radius 1 is 1.12 bits per heavy atom. The zero-order chi connectivity index (χ0) is 12.8. The first-order valence-corrected chi connectivity index (χ1v) is 5.05. The van der Waals surface area contributed by atoms with E-state index in [-0.39, 0.29) is 0 Å². The molecule has 6 nitrogen and oxygen atoms in total. The van der Waals surface area contributed by atoms with Crippen molar-refractivity contribution < 1.29 is 5.03 Å². The van der Waals surface area contributed by atoms with Crippen molar-refractivity contribution >= 4 is 0 Å². The monoisotopic (exact) mass is 234 g/mol. The van der Waals surface area contributed by atoms with Crippen LogP contribution in [0.15, 0.2) is 30.6 Å². The SMILES string of the molecule is Cc1cc(C)cc(C)c1.O=[N+]([O-])n1ccnn1. The summed E-state index contributed by atoms with van der Waals surface area (Å²) < 4.78 is 0. The van der Waals surface area contributed by atoms with Gasteiger partial charge in [-0.1, -0.05) is 34.9 Å². The maximum absolute atomic E-state index is 9.73. The second-order valence-electron chi connectivity index (χ2n) is 3.73. The number of aromatic nitrogens is 3. The highest BCUT2D eigenvalue weighted by atomic mass is 16.7. The highest BCUT2D eigenvalue weighted by Gasteiger charge is 1.96. The Kier molecular flexibility index (Phi) is 4.33. The second-order valence-corrected chi connectivity index (χ2v) is 3.73. The van der Waals surface area contributed by atoms with Gasteiger partial charge in [0.2, 0.25) is 0 Å². The van der Waals surface area contributed by atoms with Crippen LogP contribution < -0.4 is 0 Å². The first-order chi connectivity index (χ1) is 7.99. The van der Waals surface area contributed by atoms with E-state index in [9.17, 15) is 10.1 Å². The van der Waals surface area contributed by atoms with Crippen molar-refractivity contribution in [1.29, 1.82) is 0 Å². The largest absolute Gasteiger partial charge is 0.339 e. The van der Waals surface area contributed by atoms with Crippen LogP contribution in [-0.2, 0) is 0 Å². The molecule has 2 rings (SSSR count). The highest BCUT2D eigenvalue weighted by molar-refractivity contribution is 5.27. The summed E-state index contributed by atoms with van der Waals surface area (Å²) in [4.78, 5) is 10.3. The van der Waals surface area contributed by atoms with Gasteiger partial charge in [-0.25, -0.2) is 0 Å². The van der Waals surface area contributed by atoms with Gasteiger partial charge in [-0.15, -0.1) is 0 Å². The van der Waals surface area contributed by atoms with Crippen molar-refractivity contribution in [3.8, 4) is 0 Å². The molecule has 0 bridgehead atoms. The molecule has 1 aromatic heterocycles. The smallest absolute Gasteiger partial charge is 0.181 e. The summed E-state index contributed by atoms with van der Waals surface area (Å²) in [6.45, 7) is 6.38. The Morgan fingerprint density at radius 3 is 1.82 bits per heavy atom. The van der Waals surface area contributed by atoms with Crippen molar-refractivity contribution in [3.63, 3.8) is 0 Å². The molecule has 90 valence electrons. The molecule has 0 atom stereocenters. The van der Waals surface area contributed by atoms with E-state index in [4.69, 9.17) is 0 Å². The molecule has 0 aliphatic carbocycles. The van der Waals surface area contributed by atoms with E-state index < -0.39 is 5.03 Å². The quantitative estimate of drug-likeness (QED) is 0.558. The van der Waals surface area contributed by atoms with E-state index >= 15 is 0 Å². The van der Waals surface area contributed by atoms with Crippen molar-refractivity contribution in [2.24, 2.45) is 0 Å². The van der Waals surface area contributed by atoms with Crippen molar-refractivity contribution in [1.82, 2.24) is 15.1 Å². The third-order valence-electron chi connectivity index (χ3n) is 1.94. The topological polar surface area (TPSA) is 73.8 Å². The van der Waals surface area contributed by atoms with Gasteiger partial charge in [-0.3, -0.25) is 0 Å². The lowest BCUT2D eigenvalue weighted by molar-refractivity contribution is -0.553. The average Bonchev–Trinajstić information content (AvgIpc) is 2.68. The molecule has 0 amide bonds. The molecular formula is C11H14N4O2. The molecule has 0 unspecified atom stereocenters. The fourth-order valence-corrected chi connectivity index (χ4v) is 1.49. The first-order valence-electron chi connectivity index (χ1n) is 5.05. The first kappa shape index (κ1) is 12.8. The van der Waals surface area contributed by atoms with Gasteiger partial charge in [-0.05, 0) is 25.9 Å². The molecule has 0 spiro atoms. The van der Waals surface area contributed by atoms with E-state index in [1.165, 1.54) is 22.9 Å². The number of rotatable bonds is 1. The lowest BCUT2D eigenvalue weighted by Crippen LogP contribution is -2.08. The number of nitro groups is 1. The maximum atomic E-state index is 9.73. The molecule has 0 aliphatic heterocycles. The summed E-state index contributed by atoms with van der Waals surface area (Å²) >= 11 is 0. The van der Waals surface area contributed by atoms with Gasteiger partial charge < -0.3 is 10.1 Å². The molecule has 1 aromatic carbocycles. The third-order valence-corrected chi connectivity index (χ3v) is 1.94. The fourth-order valence-electron chi connectivity index (χ4n) is 1.49. The van der Waals surface area contributed by atoms with Crippen LogP contribution in [0.2, 0.25) is 0 Å². The minimum absolute atomic E-state index is 0.528. The number of nitrogens with zero attached hydrogens (tertiary/aromatic N) is 4. The lowest BCUT2D eigenvalue weighted by atomic mass is 10.1. The predicted molar refractivity (Wildman–Crippen MR) is 63.1 cm³/mol. The Morgan fingerprint density at radius 2 is 1.59 bits per heavy atom. The molecule has 17 heavy (non-hydrogen) atoms. The summed E-state index contributed by atoms with van der Waals surface area (Å²) in [5.41, 5.74) is 4.06. The third kappa shape index (κ3) is 4.42. The van der Waals surface area contributed by atoms with E-state index in [2.05, 4.69) is 49.3 Å². The summed E-state index contributed by atoms with van der Waals surface area (Å²) in [5, 5.41) is 15.4. The molecule has 0 saturated carbocycles. The van der Waals surface area contributed by atoms with Crippen molar-refractivity contribution in [2.45, 2.75) is 20.8 Å². The Labute approximate surface area is 99.0 Å². The summed E-state index contributed by atoms with van der Waals surface area (Å²) in [7, 11) is 0. The number of aryl methyl sites for hydroxylation is 3. The minimum atomic E-state index is -0.674. The van der Waals surface area contributed by atoms with Crippen LogP contribution in [0.25, 0.3) is 0 Å². The summed E-state index contributed by atoms with van der Waals surface area (Å²) in [6, 6.07) is 6.56. The van der Waals surface area contributed by atoms with E-state index in [1.807, 2.05) is 0 Å². The minimum Gasteiger partial charge on any atom is -0.339 e. The van der Waals surface area contributed by atoms with Gasteiger partial charge in [0.05, 0.1) is 5.03 Å². The normalized spacial score (nSPS) is 9.35. The van der Waals surface area contributed by atoms with E-state index in [1.54, 1.807) is 0 Å². The predicted octanol–water partition coefficient (Wildman–Crippen LogP) is 1.93. The summed E-state index contributed by atoms with van der Waals surface area (Å²) in [5.74, 6) is 0. The zero-order valence-electron chi connectivity index (χ0n) is 9.99. The van der Waals surface area contributed by atoms with Crippen LogP contribution in [0.4, 0.5) is 0 Å². The zero-order valence-corrected chi connectivity index (χ0v) is 9.99. The van der Waals surface area contributed by atoms with Crippen LogP contribution in [-0.4, -0.2) is 20.1 Å². The van der Waals surface area contributed by atoms with Gasteiger partial charge in [0, 0.05) is 4.79 Å².